The Bertz CT molecular complexity index is 538. The number of hydrogen-bond acceptors (Lipinski definition) is 4. The molecule has 3 rings (SSSR count). The molecule has 1 aliphatic carbocycles. The number of fused-ring (bicyclic) bond motifs is 1. The lowest BCUT2D eigenvalue weighted by molar-refractivity contribution is 0.0233. The molecule has 1 saturated carbocycles. The van der Waals surface area contributed by atoms with E-state index in [2.05, 4.69) is 0 Å². The minimum Gasteiger partial charge on any atom is -0.463 e. The van der Waals surface area contributed by atoms with Crippen LogP contribution >= 0.6 is 0 Å². The summed E-state index contributed by atoms with van der Waals surface area (Å²) < 4.78 is 11.4. The Morgan fingerprint density at radius 1 is 1.40 bits per heavy atom. The quantitative estimate of drug-likeness (QED) is 0.903. The summed E-state index contributed by atoms with van der Waals surface area (Å²) in [5, 5.41) is 0. The van der Waals surface area contributed by atoms with Gasteiger partial charge in [-0.15, -0.1) is 0 Å². The van der Waals surface area contributed by atoms with E-state index in [1.165, 1.54) is 12.8 Å². The number of rotatable bonds is 2. The molecule has 1 aromatic rings. The fourth-order valence-electron chi connectivity index (χ4n) is 2.66. The molecule has 2 N–H and O–H groups in total. The Kier molecular flexibility index (Phi) is 3.05. The lowest BCUT2D eigenvalue weighted by atomic mass is 10.1. The third-order valence-electron chi connectivity index (χ3n) is 3.72. The first-order valence-corrected chi connectivity index (χ1v) is 7.20. The van der Waals surface area contributed by atoms with Crippen LogP contribution in [0.1, 0.15) is 62.2 Å². The molecule has 2 aliphatic rings. The van der Waals surface area contributed by atoms with Gasteiger partial charge in [0.2, 0.25) is 0 Å². The number of carbonyl (C=O) groups is 1. The number of amides is 1. The second-order valence-electron chi connectivity index (χ2n) is 6.66. The van der Waals surface area contributed by atoms with Gasteiger partial charge >= 0.3 is 6.09 Å². The van der Waals surface area contributed by atoms with Gasteiger partial charge in [-0.1, -0.05) is 0 Å². The maximum absolute atomic E-state index is 12.1. The van der Waals surface area contributed by atoms with Gasteiger partial charge in [-0.05, 0) is 33.6 Å². The smallest absolute Gasteiger partial charge is 0.411 e. The third kappa shape index (κ3) is 2.42. The molecule has 0 spiro atoms. The molecule has 20 heavy (non-hydrogen) atoms. The Labute approximate surface area is 119 Å². The topological polar surface area (TPSA) is 68.7 Å². The van der Waals surface area contributed by atoms with Gasteiger partial charge in [-0.2, -0.15) is 0 Å². The fourth-order valence-corrected chi connectivity index (χ4v) is 2.66. The van der Waals surface area contributed by atoms with Crippen molar-refractivity contribution in [2.24, 2.45) is 5.73 Å². The van der Waals surface area contributed by atoms with E-state index in [0.717, 1.165) is 22.6 Å². The number of hydrogen-bond donors (Lipinski definition) is 1. The average molecular weight is 278 g/mol. The molecular formula is C15H22N2O3. The first kappa shape index (κ1) is 13.5. The van der Waals surface area contributed by atoms with Crippen LogP contribution in [0.2, 0.25) is 0 Å². The van der Waals surface area contributed by atoms with Crippen LogP contribution in [-0.2, 0) is 24.4 Å². The molecule has 5 heteroatoms. The van der Waals surface area contributed by atoms with Crippen LogP contribution in [0.25, 0.3) is 0 Å². The van der Waals surface area contributed by atoms with Crippen LogP contribution in [-0.4, -0.2) is 16.6 Å². The summed E-state index contributed by atoms with van der Waals surface area (Å²) in [6.07, 6.45) is 2.09. The van der Waals surface area contributed by atoms with E-state index in [4.69, 9.17) is 14.9 Å². The van der Waals surface area contributed by atoms with Gasteiger partial charge in [0, 0.05) is 23.6 Å². The number of ether oxygens (including phenoxy) is 1. The molecule has 1 amide bonds. The summed E-state index contributed by atoms with van der Waals surface area (Å²) >= 11 is 0. The molecule has 0 bridgehead atoms. The SMILES string of the molecule is CC(C)(C)OC(=O)N1Cc2oc(C3CC3)c(CN)c2C1. The van der Waals surface area contributed by atoms with Gasteiger partial charge in [0.1, 0.15) is 17.1 Å². The molecule has 0 radical (unpaired) electrons. The predicted octanol–water partition coefficient (Wildman–Crippen LogP) is 2.87. The first-order valence-electron chi connectivity index (χ1n) is 7.20. The highest BCUT2D eigenvalue weighted by Gasteiger charge is 2.37. The minimum absolute atomic E-state index is 0.292. The highest BCUT2D eigenvalue weighted by atomic mass is 16.6. The number of nitrogens with two attached hydrogens (primary N) is 1. The van der Waals surface area contributed by atoms with Crippen molar-refractivity contribution in [1.82, 2.24) is 4.90 Å². The van der Waals surface area contributed by atoms with Crippen molar-refractivity contribution in [3.63, 3.8) is 0 Å². The zero-order valence-corrected chi connectivity index (χ0v) is 12.4. The van der Waals surface area contributed by atoms with Crippen molar-refractivity contribution in [3.8, 4) is 0 Å². The summed E-state index contributed by atoms with van der Waals surface area (Å²) in [4.78, 5) is 13.8. The van der Waals surface area contributed by atoms with Gasteiger partial charge in [0.25, 0.3) is 0 Å². The Morgan fingerprint density at radius 3 is 2.65 bits per heavy atom. The molecule has 2 heterocycles. The standard InChI is InChI=1S/C15H22N2O3/c1-15(2,3)20-14(18)17-7-11-10(6-16)13(9-4-5-9)19-12(11)8-17/h9H,4-8,16H2,1-3H3. The van der Waals surface area contributed by atoms with Gasteiger partial charge in [0.05, 0.1) is 13.1 Å². The third-order valence-corrected chi connectivity index (χ3v) is 3.72. The van der Waals surface area contributed by atoms with Crippen molar-refractivity contribution in [3.05, 3.63) is 22.6 Å². The summed E-state index contributed by atoms with van der Waals surface area (Å²) in [7, 11) is 0. The van der Waals surface area contributed by atoms with Crippen molar-refractivity contribution in [2.75, 3.05) is 0 Å². The van der Waals surface area contributed by atoms with Crippen molar-refractivity contribution < 1.29 is 13.9 Å². The van der Waals surface area contributed by atoms with E-state index in [9.17, 15) is 4.79 Å². The second kappa shape index (κ2) is 4.52. The van der Waals surface area contributed by atoms with Crippen molar-refractivity contribution in [2.45, 2.75) is 64.8 Å². The summed E-state index contributed by atoms with van der Waals surface area (Å²) in [5.41, 5.74) is 7.59. The Balaban J connectivity index is 1.76. The van der Waals surface area contributed by atoms with Gasteiger partial charge < -0.3 is 14.9 Å². The summed E-state index contributed by atoms with van der Waals surface area (Å²) in [6.45, 7) is 7.13. The number of furan rings is 1. The van der Waals surface area contributed by atoms with Crippen LogP contribution in [0.4, 0.5) is 4.79 Å². The fraction of sp³-hybridized carbons (Fsp3) is 0.667. The van der Waals surface area contributed by atoms with E-state index in [-0.39, 0.29) is 6.09 Å². The molecule has 1 aliphatic heterocycles. The van der Waals surface area contributed by atoms with Crippen LogP contribution < -0.4 is 5.73 Å². The Hall–Kier alpha value is -1.49. The van der Waals surface area contributed by atoms with E-state index >= 15 is 0 Å². The van der Waals surface area contributed by atoms with Crippen molar-refractivity contribution >= 4 is 6.09 Å². The summed E-state index contributed by atoms with van der Waals surface area (Å²) in [5.74, 6) is 2.49. The lowest BCUT2D eigenvalue weighted by Crippen LogP contribution is -2.33. The number of nitrogens with zero attached hydrogens (tertiary/aromatic N) is 1. The van der Waals surface area contributed by atoms with E-state index in [1.54, 1.807) is 4.90 Å². The molecule has 1 aromatic heterocycles. The lowest BCUT2D eigenvalue weighted by Gasteiger charge is -2.24. The van der Waals surface area contributed by atoms with Gasteiger partial charge in [-0.3, -0.25) is 4.90 Å². The van der Waals surface area contributed by atoms with E-state index < -0.39 is 5.60 Å². The maximum atomic E-state index is 12.1. The molecule has 0 saturated heterocycles. The van der Waals surface area contributed by atoms with Gasteiger partial charge in [0.15, 0.2) is 0 Å². The van der Waals surface area contributed by atoms with Crippen LogP contribution in [0.3, 0.4) is 0 Å². The second-order valence-corrected chi connectivity index (χ2v) is 6.66. The van der Waals surface area contributed by atoms with Crippen LogP contribution in [0.5, 0.6) is 0 Å². The van der Waals surface area contributed by atoms with E-state index in [1.807, 2.05) is 20.8 Å². The monoisotopic (exact) mass is 278 g/mol. The molecule has 1 fully saturated rings. The van der Waals surface area contributed by atoms with Crippen molar-refractivity contribution in [1.29, 1.82) is 0 Å². The predicted molar refractivity (Wildman–Crippen MR) is 74.1 cm³/mol. The molecule has 0 atom stereocenters. The normalized spacial score (nSPS) is 18.3. The summed E-state index contributed by atoms with van der Waals surface area (Å²) in [6, 6.07) is 0. The maximum Gasteiger partial charge on any atom is 0.411 e. The molecular weight excluding hydrogens is 256 g/mol. The van der Waals surface area contributed by atoms with E-state index in [0.29, 0.717) is 25.6 Å². The molecule has 110 valence electrons. The highest BCUT2D eigenvalue weighted by molar-refractivity contribution is 5.69. The minimum atomic E-state index is -0.476. The highest BCUT2D eigenvalue weighted by Crippen LogP contribution is 2.45. The molecule has 5 nitrogen and oxygen atoms in total. The zero-order chi connectivity index (χ0) is 14.5. The number of carbonyl (C=O) groups excluding carboxylic acids is 1. The van der Waals surface area contributed by atoms with Crippen LogP contribution in [0, 0.1) is 0 Å². The van der Waals surface area contributed by atoms with Crippen LogP contribution in [0.15, 0.2) is 4.42 Å². The largest absolute Gasteiger partial charge is 0.463 e. The Morgan fingerprint density at radius 2 is 2.10 bits per heavy atom. The zero-order valence-electron chi connectivity index (χ0n) is 12.4. The average Bonchev–Trinajstić information content (AvgIpc) is 2.99. The molecule has 0 unspecified atom stereocenters. The first-order chi connectivity index (χ1) is 9.39. The van der Waals surface area contributed by atoms with Gasteiger partial charge in [-0.25, -0.2) is 4.79 Å². The molecule has 0 aromatic carbocycles.